The van der Waals surface area contributed by atoms with Crippen molar-refractivity contribution in [2.45, 2.75) is 12.4 Å². The maximum atomic E-state index is 10.6. The first kappa shape index (κ1) is 24.9. The fraction of sp³-hybridized carbons (Fsp3) is 0.188. The molecule has 3 heterocycles. The molecule has 166 valence electrons. The number of carboxylic acids is 2. The Hall–Kier alpha value is -4.09. The number of pyridine rings is 1. The summed E-state index contributed by atoms with van der Waals surface area (Å²) in [7, 11) is 1.88. The van der Waals surface area contributed by atoms with Crippen LogP contribution < -0.4 is 0 Å². The lowest BCUT2D eigenvalue weighted by molar-refractivity contribution is -0.193. The number of hydrogen-bond acceptors (Lipinski definition) is 5. The highest BCUT2D eigenvalue weighted by molar-refractivity contribution is 5.73. The summed E-state index contributed by atoms with van der Waals surface area (Å²) < 4.78 is 66.9. The average Bonchev–Trinajstić information content (AvgIpc) is 3.26. The van der Waals surface area contributed by atoms with Crippen LogP contribution in [0.1, 0.15) is 5.56 Å². The lowest BCUT2D eigenvalue weighted by atomic mass is 10.1. The highest BCUT2D eigenvalue weighted by Crippen LogP contribution is 2.20. The zero-order valence-corrected chi connectivity index (χ0v) is 15.2. The SMILES string of the molecule is Cn1cc(-c2ccc3c(C#N)cnn3c2)cn1.O=C(O)C(F)(F)F.O=C(O)C(F)(F)F. The molecule has 0 aliphatic rings. The van der Waals surface area contributed by atoms with Crippen LogP contribution in [0.15, 0.2) is 36.9 Å². The Kier molecular flexibility index (Phi) is 7.73. The summed E-state index contributed by atoms with van der Waals surface area (Å²) >= 11 is 0. The van der Waals surface area contributed by atoms with Gasteiger partial charge in [0.05, 0.1) is 23.5 Å². The van der Waals surface area contributed by atoms with Crippen molar-refractivity contribution in [3.8, 4) is 17.2 Å². The summed E-state index contributed by atoms with van der Waals surface area (Å²) in [4.78, 5) is 17.8. The van der Waals surface area contributed by atoms with Crippen molar-refractivity contribution in [1.82, 2.24) is 19.4 Å². The number of fused-ring (bicyclic) bond motifs is 1. The van der Waals surface area contributed by atoms with Gasteiger partial charge in [0.25, 0.3) is 0 Å². The predicted octanol–water partition coefficient (Wildman–Crippen LogP) is 2.87. The second-order valence-electron chi connectivity index (χ2n) is 5.43. The molecule has 31 heavy (non-hydrogen) atoms. The molecule has 0 unspecified atom stereocenters. The first-order valence-corrected chi connectivity index (χ1v) is 7.63. The number of aromatic nitrogens is 4. The van der Waals surface area contributed by atoms with Crippen LogP contribution in [0.5, 0.6) is 0 Å². The van der Waals surface area contributed by atoms with Crippen LogP contribution in [-0.2, 0) is 16.6 Å². The van der Waals surface area contributed by atoms with Gasteiger partial charge in [-0.1, -0.05) is 6.07 Å². The number of halogens is 6. The third kappa shape index (κ3) is 7.34. The van der Waals surface area contributed by atoms with Gasteiger partial charge in [0.1, 0.15) is 6.07 Å². The van der Waals surface area contributed by atoms with Crippen LogP contribution in [0.4, 0.5) is 26.3 Å². The topological polar surface area (TPSA) is 134 Å². The lowest BCUT2D eigenvalue weighted by Gasteiger charge is -1.98. The molecule has 0 aromatic carbocycles. The molecule has 0 bridgehead atoms. The molecule has 0 aliphatic heterocycles. The van der Waals surface area contributed by atoms with E-state index in [-0.39, 0.29) is 0 Å². The number of hydrogen-bond donors (Lipinski definition) is 2. The van der Waals surface area contributed by atoms with Crippen molar-refractivity contribution in [2.75, 3.05) is 0 Å². The molecule has 0 aliphatic carbocycles. The zero-order valence-electron chi connectivity index (χ0n) is 15.2. The number of nitrogens with zero attached hydrogens (tertiary/aromatic N) is 5. The Bertz CT molecular complexity index is 1090. The molecule has 15 heteroatoms. The Morgan fingerprint density at radius 1 is 0.935 bits per heavy atom. The predicted molar refractivity (Wildman–Crippen MR) is 89.5 cm³/mol. The van der Waals surface area contributed by atoms with Crippen molar-refractivity contribution in [3.05, 3.63) is 42.5 Å². The van der Waals surface area contributed by atoms with Crippen LogP contribution in [0, 0.1) is 11.3 Å². The van der Waals surface area contributed by atoms with Gasteiger partial charge in [0.15, 0.2) is 0 Å². The fourth-order valence-corrected chi connectivity index (χ4v) is 1.81. The molecule has 0 amide bonds. The summed E-state index contributed by atoms with van der Waals surface area (Å²) in [5, 5.41) is 31.4. The molecule has 3 rings (SSSR count). The Morgan fingerprint density at radius 2 is 1.45 bits per heavy atom. The smallest absolute Gasteiger partial charge is 0.475 e. The number of aryl methyl sites for hydroxylation is 1. The Morgan fingerprint density at radius 3 is 1.84 bits per heavy atom. The molecule has 0 saturated heterocycles. The minimum absolute atomic E-state index is 0.586. The van der Waals surface area contributed by atoms with E-state index in [1.165, 1.54) is 0 Å². The molecular weight excluding hydrogens is 440 g/mol. The highest BCUT2D eigenvalue weighted by Gasteiger charge is 2.38. The summed E-state index contributed by atoms with van der Waals surface area (Å²) in [6, 6.07) is 5.98. The Labute approximate surface area is 168 Å². The first-order valence-electron chi connectivity index (χ1n) is 7.63. The molecule has 0 saturated carbocycles. The third-order valence-corrected chi connectivity index (χ3v) is 3.16. The van der Waals surface area contributed by atoms with E-state index in [2.05, 4.69) is 16.3 Å². The van der Waals surface area contributed by atoms with Crippen molar-refractivity contribution in [3.63, 3.8) is 0 Å². The van der Waals surface area contributed by atoms with E-state index in [1.807, 2.05) is 31.6 Å². The van der Waals surface area contributed by atoms with E-state index in [1.54, 1.807) is 21.6 Å². The van der Waals surface area contributed by atoms with Gasteiger partial charge in [0, 0.05) is 30.6 Å². The van der Waals surface area contributed by atoms with Gasteiger partial charge in [-0.25, -0.2) is 14.1 Å². The number of carboxylic acid groups (broad SMARTS) is 2. The molecule has 9 nitrogen and oxygen atoms in total. The molecule has 0 atom stereocenters. The molecule has 2 N–H and O–H groups in total. The fourth-order valence-electron chi connectivity index (χ4n) is 1.81. The summed E-state index contributed by atoms with van der Waals surface area (Å²) in [5.41, 5.74) is 3.46. The first-order chi connectivity index (χ1) is 14.2. The second kappa shape index (κ2) is 9.61. The third-order valence-electron chi connectivity index (χ3n) is 3.16. The Balaban J connectivity index is 0.000000288. The summed E-state index contributed by atoms with van der Waals surface area (Å²) in [6.07, 6.45) is -2.96. The van der Waals surface area contributed by atoms with Crippen molar-refractivity contribution < 1.29 is 46.1 Å². The largest absolute Gasteiger partial charge is 0.490 e. The zero-order chi connectivity index (χ0) is 24.0. The maximum Gasteiger partial charge on any atom is 0.490 e. The van der Waals surface area contributed by atoms with Gasteiger partial charge in [-0.2, -0.15) is 41.8 Å². The van der Waals surface area contributed by atoms with Crippen LogP contribution in [0.2, 0.25) is 0 Å². The van der Waals surface area contributed by atoms with Crippen molar-refractivity contribution in [1.29, 1.82) is 5.26 Å². The molecule has 0 radical (unpaired) electrons. The highest BCUT2D eigenvalue weighted by atomic mass is 19.4. The number of aliphatic carboxylic acids is 2. The van der Waals surface area contributed by atoms with E-state index in [0.29, 0.717) is 5.56 Å². The summed E-state index contributed by atoms with van der Waals surface area (Å²) in [6.45, 7) is 0. The van der Waals surface area contributed by atoms with E-state index >= 15 is 0 Å². The van der Waals surface area contributed by atoms with Crippen LogP contribution >= 0.6 is 0 Å². The standard InChI is InChI=1S/C12H9N5.2C2HF3O2/c1-16-7-11(6-14-16)9-2-3-12-10(4-13)5-15-17(12)8-9;2*3-2(4,5)1(6)7/h2-3,5-8H,1H3;2*(H,6,7). The average molecular weight is 451 g/mol. The van der Waals surface area contributed by atoms with Gasteiger partial charge in [-0.05, 0) is 6.07 Å². The van der Waals surface area contributed by atoms with Crippen molar-refractivity contribution in [2.24, 2.45) is 7.05 Å². The van der Waals surface area contributed by atoms with Crippen LogP contribution in [0.3, 0.4) is 0 Å². The maximum absolute atomic E-state index is 10.6. The number of alkyl halides is 6. The van der Waals surface area contributed by atoms with Crippen molar-refractivity contribution >= 4 is 17.5 Å². The van der Waals surface area contributed by atoms with E-state index in [9.17, 15) is 26.3 Å². The lowest BCUT2D eigenvalue weighted by Crippen LogP contribution is -2.21. The number of carbonyl (C=O) groups is 2. The minimum Gasteiger partial charge on any atom is -0.475 e. The van der Waals surface area contributed by atoms with E-state index in [0.717, 1.165) is 16.6 Å². The van der Waals surface area contributed by atoms with Gasteiger partial charge in [0.2, 0.25) is 0 Å². The number of nitriles is 1. The summed E-state index contributed by atoms with van der Waals surface area (Å²) in [5.74, 6) is -5.51. The monoisotopic (exact) mass is 451 g/mol. The second-order valence-corrected chi connectivity index (χ2v) is 5.43. The molecule has 3 aromatic heterocycles. The molecule has 0 fully saturated rings. The molecule has 0 spiro atoms. The van der Waals surface area contributed by atoms with Crippen LogP contribution in [-0.4, -0.2) is 53.9 Å². The van der Waals surface area contributed by atoms with Gasteiger partial charge < -0.3 is 10.2 Å². The quantitative estimate of drug-likeness (QED) is 0.544. The van der Waals surface area contributed by atoms with E-state index < -0.39 is 24.3 Å². The van der Waals surface area contributed by atoms with Gasteiger partial charge >= 0.3 is 24.3 Å². The molecule has 3 aromatic rings. The van der Waals surface area contributed by atoms with Gasteiger partial charge in [-0.3, -0.25) is 4.68 Å². The minimum atomic E-state index is -5.08. The van der Waals surface area contributed by atoms with Gasteiger partial charge in [-0.15, -0.1) is 0 Å². The van der Waals surface area contributed by atoms with E-state index in [4.69, 9.17) is 25.1 Å². The normalized spacial score (nSPS) is 10.9. The number of rotatable bonds is 1. The van der Waals surface area contributed by atoms with Crippen LogP contribution in [0.25, 0.3) is 16.6 Å². The molecular formula is C16H11F6N5O4.